The Bertz CT molecular complexity index is 856. The Morgan fingerprint density at radius 2 is 1.50 bits per heavy atom. The van der Waals surface area contributed by atoms with Crippen molar-refractivity contribution >= 4 is 24.8 Å². The molecule has 1 fully saturated rings. The molecule has 3 rings (SSSR count). The summed E-state index contributed by atoms with van der Waals surface area (Å²) in [7, 11) is -3.10. The van der Waals surface area contributed by atoms with Crippen LogP contribution in [0.15, 0.2) is 60.7 Å². The molecule has 6 heteroatoms. The quantitative estimate of drug-likeness (QED) is 0.652. The molecule has 1 aliphatic rings. The number of aliphatic hydroxyl groups is 1. The molecule has 1 amide bonds. The normalized spacial score (nSPS) is 19.8. The summed E-state index contributed by atoms with van der Waals surface area (Å²) in [5.74, 6) is 0. The van der Waals surface area contributed by atoms with E-state index in [9.17, 15) is 14.7 Å². The van der Waals surface area contributed by atoms with Gasteiger partial charge in [0, 0.05) is 6.04 Å². The third-order valence-electron chi connectivity index (χ3n) is 6.49. The van der Waals surface area contributed by atoms with Crippen molar-refractivity contribution < 1.29 is 19.4 Å². The van der Waals surface area contributed by atoms with E-state index < -0.39 is 25.1 Å². The number of ether oxygens (including phenoxy) is 1. The third-order valence-corrected chi connectivity index (χ3v) is 11.0. The molecule has 0 unspecified atom stereocenters. The summed E-state index contributed by atoms with van der Waals surface area (Å²) in [5.41, 5.74) is -0.581. The minimum Gasteiger partial charge on any atom is -0.444 e. The van der Waals surface area contributed by atoms with Crippen LogP contribution in [-0.2, 0) is 4.74 Å². The summed E-state index contributed by atoms with van der Waals surface area (Å²) in [5, 5.41) is 11.8. The maximum Gasteiger partial charge on any atom is 0.410 e. The number of aliphatic hydroxyl groups excluding tert-OH is 1. The summed E-state index contributed by atoms with van der Waals surface area (Å²) in [6.07, 6.45) is 1.02. The van der Waals surface area contributed by atoms with E-state index in [1.165, 1.54) is 0 Å². The zero-order valence-corrected chi connectivity index (χ0v) is 20.9. The summed E-state index contributed by atoms with van der Waals surface area (Å²) >= 11 is 0. The monoisotopic (exact) mass is 455 g/mol. The first-order valence-electron chi connectivity index (χ1n) is 11.5. The fourth-order valence-electron chi connectivity index (χ4n) is 4.73. The van der Waals surface area contributed by atoms with Crippen molar-refractivity contribution in [2.24, 2.45) is 0 Å². The van der Waals surface area contributed by atoms with Crippen molar-refractivity contribution in [3.8, 4) is 0 Å². The Kier molecular flexibility index (Phi) is 7.17. The van der Waals surface area contributed by atoms with Gasteiger partial charge >= 0.3 is 6.09 Å². The van der Waals surface area contributed by atoms with Gasteiger partial charge in [0.05, 0.1) is 12.6 Å². The standard InChI is InChI=1S/C26H37NO4Si/c1-25(2,3)31-24(29)27-19-21(28)18-20(27)16-17-26(4,5)32(30,22-12-8-6-9-13-22)23-14-10-7-11-15-23/h6-15,20-21,28,30H,16-19H2,1-5H3/t20-,21-/m1/s1. The Morgan fingerprint density at radius 3 is 1.97 bits per heavy atom. The molecule has 2 N–H and O–H groups in total. The zero-order valence-electron chi connectivity index (χ0n) is 19.9. The van der Waals surface area contributed by atoms with Gasteiger partial charge in [-0.15, -0.1) is 0 Å². The van der Waals surface area contributed by atoms with Crippen LogP contribution in [0.25, 0.3) is 0 Å². The van der Waals surface area contributed by atoms with Crippen LogP contribution in [-0.4, -0.2) is 53.5 Å². The van der Waals surface area contributed by atoms with Crippen LogP contribution in [0.4, 0.5) is 4.79 Å². The molecule has 2 aromatic rings. The van der Waals surface area contributed by atoms with Crippen LogP contribution in [0.3, 0.4) is 0 Å². The molecule has 2 aromatic carbocycles. The number of nitrogens with zero attached hydrogens (tertiary/aromatic N) is 1. The molecule has 0 aliphatic carbocycles. The van der Waals surface area contributed by atoms with Crippen molar-refractivity contribution in [2.75, 3.05) is 6.54 Å². The molecule has 0 radical (unpaired) electrons. The molecule has 2 atom stereocenters. The average Bonchev–Trinajstić information content (AvgIpc) is 3.12. The highest BCUT2D eigenvalue weighted by molar-refractivity contribution is 6.98. The largest absolute Gasteiger partial charge is 0.444 e. The van der Waals surface area contributed by atoms with E-state index in [0.717, 1.165) is 16.8 Å². The maximum atomic E-state index is 12.7. The van der Waals surface area contributed by atoms with Gasteiger partial charge in [0.25, 0.3) is 8.32 Å². The van der Waals surface area contributed by atoms with E-state index >= 15 is 0 Å². The molecule has 174 valence electrons. The number of hydrogen-bond acceptors (Lipinski definition) is 4. The number of carbonyl (C=O) groups is 1. The van der Waals surface area contributed by atoms with Crippen molar-refractivity contribution in [3.63, 3.8) is 0 Å². The van der Waals surface area contributed by atoms with Crippen molar-refractivity contribution in [2.45, 2.75) is 76.7 Å². The first kappa shape index (κ1) is 24.5. The lowest BCUT2D eigenvalue weighted by atomic mass is 10.0. The molecule has 1 saturated heterocycles. The first-order chi connectivity index (χ1) is 14.9. The highest BCUT2D eigenvalue weighted by Crippen LogP contribution is 2.41. The second-order valence-corrected chi connectivity index (χ2v) is 14.5. The van der Waals surface area contributed by atoms with Crippen LogP contribution < -0.4 is 10.4 Å². The second kappa shape index (κ2) is 9.38. The lowest BCUT2D eigenvalue weighted by molar-refractivity contribution is 0.0199. The van der Waals surface area contributed by atoms with Crippen LogP contribution >= 0.6 is 0 Å². The average molecular weight is 456 g/mol. The molecule has 32 heavy (non-hydrogen) atoms. The van der Waals surface area contributed by atoms with Gasteiger partial charge in [-0.1, -0.05) is 74.5 Å². The minimum absolute atomic E-state index is 0.107. The van der Waals surface area contributed by atoms with Gasteiger partial charge < -0.3 is 19.5 Å². The Balaban J connectivity index is 1.85. The van der Waals surface area contributed by atoms with E-state index in [-0.39, 0.29) is 12.1 Å². The molecule has 5 nitrogen and oxygen atoms in total. The molecule has 1 aliphatic heterocycles. The van der Waals surface area contributed by atoms with E-state index in [1.807, 2.05) is 81.4 Å². The minimum atomic E-state index is -3.10. The van der Waals surface area contributed by atoms with Gasteiger partial charge in [0.2, 0.25) is 0 Å². The lowest BCUT2D eigenvalue weighted by Crippen LogP contribution is -2.65. The van der Waals surface area contributed by atoms with Gasteiger partial charge in [-0.05, 0) is 55.4 Å². The number of benzene rings is 2. The fraction of sp³-hybridized carbons (Fsp3) is 0.500. The molecule has 0 aromatic heterocycles. The SMILES string of the molecule is CC(C)(C)OC(=O)N1C[C@H](O)C[C@H]1CCC(C)(C)[Si](O)(c1ccccc1)c1ccccc1. The Labute approximate surface area is 193 Å². The second-order valence-electron chi connectivity index (χ2n) is 10.5. The molecular weight excluding hydrogens is 418 g/mol. The van der Waals surface area contributed by atoms with Gasteiger partial charge in [-0.3, -0.25) is 0 Å². The summed E-state index contributed by atoms with van der Waals surface area (Å²) in [6.45, 7) is 10.1. The first-order valence-corrected chi connectivity index (χ1v) is 13.4. The smallest absolute Gasteiger partial charge is 0.410 e. The number of rotatable bonds is 6. The highest BCUT2D eigenvalue weighted by atomic mass is 28.4. The van der Waals surface area contributed by atoms with Crippen LogP contribution in [0.5, 0.6) is 0 Å². The van der Waals surface area contributed by atoms with Gasteiger partial charge in [0.15, 0.2) is 0 Å². The van der Waals surface area contributed by atoms with Crippen LogP contribution in [0.1, 0.15) is 53.9 Å². The number of amides is 1. The number of β-amino-alcohol motifs (C(OH)–C–C–N with tert-alkyl or cyclic N) is 1. The summed E-state index contributed by atoms with van der Waals surface area (Å²) < 4.78 is 5.57. The topological polar surface area (TPSA) is 70.0 Å². The van der Waals surface area contributed by atoms with Gasteiger partial charge in [-0.2, -0.15) is 0 Å². The summed E-state index contributed by atoms with van der Waals surface area (Å²) in [4.78, 5) is 26.7. The van der Waals surface area contributed by atoms with Gasteiger partial charge in [0.1, 0.15) is 5.60 Å². The van der Waals surface area contributed by atoms with Crippen LogP contribution in [0, 0.1) is 0 Å². The summed E-state index contributed by atoms with van der Waals surface area (Å²) in [6, 6.07) is 19.8. The predicted octanol–water partition coefficient (Wildman–Crippen LogP) is 3.67. The molecule has 0 bridgehead atoms. The van der Waals surface area contributed by atoms with E-state index in [0.29, 0.717) is 19.4 Å². The van der Waals surface area contributed by atoms with E-state index in [1.54, 1.807) is 4.90 Å². The number of carbonyl (C=O) groups excluding carboxylic acids is 1. The van der Waals surface area contributed by atoms with Crippen molar-refractivity contribution in [1.82, 2.24) is 4.90 Å². The highest BCUT2D eigenvalue weighted by Gasteiger charge is 2.50. The number of hydrogen-bond donors (Lipinski definition) is 2. The van der Waals surface area contributed by atoms with Crippen molar-refractivity contribution in [3.05, 3.63) is 60.7 Å². The molecule has 0 spiro atoms. The van der Waals surface area contributed by atoms with E-state index in [2.05, 4.69) is 13.8 Å². The van der Waals surface area contributed by atoms with E-state index in [4.69, 9.17) is 4.74 Å². The molecule has 0 saturated carbocycles. The lowest BCUT2D eigenvalue weighted by Gasteiger charge is -2.42. The molecule has 1 heterocycles. The third kappa shape index (κ3) is 5.25. The molecular formula is C26H37NO4Si. The van der Waals surface area contributed by atoms with Crippen molar-refractivity contribution in [1.29, 1.82) is 0 Å². The predicted molar refractivity (Wildman–Crippen MR) is 131 cm³/mol. The zero-order chi connectivity index (χ0) is 23.6. The number of likely N-dealkylation sites (tertiary alicyclic amines) is 1. The van der Waals surface area contributed by atoms with Gasteiger partial charge in [-0.25, -0.2) is 4.79 Å². The Morgan fingerprint density at radius 1 is 1.00 bits per heavy atom. The Hall–Kier alpha value is -2.15. The van der Waals surface area contributed by atoms with Crippen LogP contribution in [0.2, 0.25) is 5.04 Å². The maximum absolute atomic E-state index is 12.7. The fourth-order valence-corrected chi connectivity index (χ4v) is 8.48.